The van der Waals surface area contributed by atoms with Gasteiger partial charge in [0.1, 0.15) is 6.54 Å². The van der Waals surface area contributed by atoms with Crippen LogP contribution >= 0.6 is 0 Å². The molecule has 0 heterocycles. The minimum atomic E-state index is -0.779. The second kappa shape index (κ2) is 10.0. The van der Waals surface area contributed by atoms with Gasteiger partial charge in [0.05, 0.1) is 4.92 Å². The Hall–Kier alpha value is -2.97. The average molecular weight is 351 g/mol. The zero-order chi connectivity index (χ0) is 18.8. The molecule has 0 aliphatic rings. The number of carbonyl (C=O) groups is 3. The molecular formula is C16H21N3O6. The van der Waals surface area contributed by atoms with E-state index in [2.05, 4.69) is 10.6 Å². The lowest BCUT2D eigenvalue weighted by atomic mass is 10.2. The van der Waals surface area contributed by atoms with E-state index in [0.29, 0.717) is 0 Å². The molecular weight excluding hydrogens is 330 g/mol. The Kier molecular flexibility index (Phi) is 8.04. The van der Waals surface area contributed by atoms with Gasteiger partial charge in [-0.15, -0.1) is 0 Å². The van der Waals surface area contributed by atoms with Crippen molar-refractivity contribution in [2.24, 2.45) is 0 Å². The van der Waals surface area contributed by atoms with Gasteiger partial charge >= 0.3 is 5.97 Å². The van der Waals surface area contributed by atoms with Crippen LogP contribution in [0.15, 0.2) is 24.3 Å². The molecule has 1 rings (SSSR count). The number of hydrogen-bond donors (Lipinski definition) is 2. The Balaban J connectivity index is 2.41. The van der Waals surface area contributed by atoms with Crippen molar-refractivity contribution in [3.8, 4) is 0 Å². The molecule has 1 aromatic carbocycles. The van der Waals surface area contributed by atoms with Crippen molar-refractivity contribution < 1.29 is 24.0 Å². The van der Waals surface area contributed by atoms with Gasteiger partial charge in [-0.2, -0.15) is 0 Å². The topological polar surface area (TPSA) is 128 Å². The third-order valence-electron chi connectivity index (χ3n) is 3.43. The number of esters is 1. The third-order valence-corrected chi connectivity index (χ3v) is 3.43. The Morgan fingerprint density at radius 2 is 1.92 bits per heavy atom. The van der Waals surface area contributed by atoms with Gasteiger partial charge < -0.3 is 15.4 Å². The van der Waals surface area contributed by atoms with Gasteiger partial charge in [-0.1, -0.05) is 19.9 Å². The number of non-ortho nitro benzene ring substituents is 1. The Bertz CT molecular complexity index is 643. The van der Waals surface area contributed by atoms with Crippen molar-refractivity contribution >= 4 is 23.5 Å². The molecule has 0 spiro atoms. The number of nitrogens with one attached hydrogen (secondary N) is 2. The van der Waals surface area contributed by atoms with Crippen LogP contribution in [-0.4, -0.2) is 41.9 Å². The number of benzene rings is 1. The van der Waals surface area contributed by atoms with Crippen LogP contribution in [0.2, 0.25) is 0 Å². The smallest absolute Gasteiger partial charge is 0.325 e. The first-order valence-electron chi connectivity index (χ1n) is 7.85. The molecule has 0 saturated heterocycles. The Morgan fingerprint density at radius 3 is 2.52 bits per heavy atom. The fourth-order valence-corrected chi connectivity index (χ4v) is 1.97. The van der Waals surface area contributed by atoms with Crippen molar-refractivity contribution in [1.82, 2.24) is 10.6 Å². The molecule has 136 valence electrons. The summed E-state index contributed by atoms with van der Waals surface area (Å²) in [7, 11) is 0. The maximum Gasteiger partial charge on any atom is 0.325 e. The van der Waals surface area contributed by atoms with Crippen molar-refractivity contribution in [3.05, 3.63) is 39.9 Å². The first kappa shape index (κ1) is 20.1. The largest absolute Gasteiger partial charge is 0.454 e. The molecule has 2 N–H and O–H groups in total. The monoisotopic (exact) mass is 351 g/mol. The summed E-state index contributed by atoms with van der Waals surface area (Å²) in [4.78, 5) is 45.1. The quantitative estimate of drug-likeness (QED) is 0.390. The van der Waals surface area contributed by atoms with Crippen molar-refractivity contribution in [1.29, 1.82) is 0 Å². The molecule has 2 amide bonds. The number of carbonyl (C=O) groups excluding carboxylic acids is 3. The Morgan fingerprint density at radius 1 is 1.24 bits per heavy atom. The highest BCUT2D eigenvalue weighted by Gasteiger charge is 2.14. The van der Waals surface area contributed by atoms with E-state index in [9.17, 15) is 24.5 Å². The molecule has 25 heavy (non-hydrogen) atoms. The van der Waals surface area contributed by atoms with Gasteiger partial charge in [-0.25, -0.2) is 0 Å². The maximum atomic E-state index is 11.9. The first-order chi connectivity index (χ1) is 11.9. The van der Waals surface area contributed by atoms with E-state index in [1.54, 1.807) is 0 Å². The molecule has 0 aliphatic carbocycles. The SMILES string of the molecule is CCC(CC)NC(=O)COC(=O)CNC(=O)c1cccc([N+](=O)[O-])c1. The van der Waals surface area contributed by atoms with Crippen LogP contribution in [-0.2, 0) is 14.3 Å². The van der Waals surface area contributed by atoms with Crippen LogP contribution in [0.5, 0.6) is 0 Å². The fraction of sp³-hybridized carbons (Fsp3) is 0.438. The summed E-state index contributed by atoms with van der Waals surface area (Å²) in [6, 6.07) is 5.14. The molecule has 0 fully saturated rings. The number of ether oxygens (including phenoxy) is 1. The summed E-state index contributed by atoms with van der Waals surface area (Å²) in [6.45, 7) is 3.00. The van der Waals surface area contributed by atoms with Crippen LogP contribution in [0, 0.1) is 10.1 Å². The fourth-order valence-electron chi connectivity index (χ4n) is 1.97. The van der Waals surface area contributed by atoms with Gasteiger partial charge in [0, 0.05) is 23.7 Å². The molecule has 0 aromatic heterocycles. The molecule has 0 bridgehead atoms. The van der Waals surface area contributed by atoms with Crippen LogP contribution in [0.4, 0.5) is 5.69 Å². The molecule has 0 aliphatic heterocycles. The van der Waals surface area contributed by atoms with Crippen LogP contribution in [0.1, 0.15) is 37.0 Å². The summed E-state index contributed by atoms with van der Waals surface area (Å²) in [6.07, 6.45) is 1.55. The van der Waals surface area contributed by atoms with E-state index < -0.39 is 35.9 Å². The van der Waals surface area contributed by atoms with E-state index in [-0.39, 0.29) is 17.3 Å². The van der Waals surface area contributed by atoms with Gasteiger partial charge in [-0.05, 0) is 18.9 Å². The molecule has 9 heteroatoms. The predicted molar refractivity (Wildman–Crippen MR) is 88.9 cm³/mol. The summed E-state index contributed by atoms with van der Waals surface area (Å²) in [5.41, 5.74) is -0.179. The zero-order valence-corrected chi connectivity index (χ0v) is 14.1. The van der Waals surface area contributed by atoms with Gasteiger partial charge in [-0.3, -0.25) is 24.5 Å². The number of hydrogen-bond acceptors (Lipinski definition) is 6. The van der Waals surface area contributed by atoms with Gasteiger partial charge in [0.15, 0.2) is 6.61 Å². The first-order valence-corrected chi connectivity index (χ1v) is 7.85. The van der Waals surface area contributed by atoms with Gasteiger partial charge in [0.2, 0.25) is 0 Å². The van der Waals surface area contributed by atoms with Crippen molar-refractivity contribution in [2.45, 2.75) is 32.7 Å². The normalized spacial score (nSPS) is 10.2. The standard InChI is InChI=1S/C16H21N3O6/c1-3-12(4-2)18-14(20)10-25-15(21)9-17-16(22)11-6-5-7-13(8-11)19(23)24/h5-8,12H,3-4,9-10H2,1-2H3,(H,17,22)(H,18,20). The van der Waals surface area contributed by atoms with Crippen LogP contribution in [0.3, 0.4) is 0 Å². The van der Waals surface area contributed by atoms with E-state index >= 15 is 0 Å². The highest BCUT2D eigenvalue weighted by Crippen LogP contribution is 2.12. The minimum Gasteiger partial charge on any atom is -0.454 e. The highest BCUT2D eigenvalue weighted by molar-refractivity contribution is 5.96. The van der Waals surface area contributed by atoms with Crippen LogP contribution in [0.25, 0.3) is 0 Å². The minimum absolute atomic E-state index is 0.0276. The van der Waals surface area contributed by atoms with Crippen molar-refractivity contribution in [3.63, 3.8) is 0 Å². The predicted octanol–water partition coefficient (Wildman–Crippen LogP) is 1.17. The molecule has 0 radical (unpaired) electrons. The highest BCUT2D eigenvalue weighted by atomic mass is 16.6. The number of rotatable bonds is 9. The van der Waals surface area contributed by atoms with Gasteiger partial charge in [0.25, 0.3) is 17.5 Å². The molecule has 0 atom stereocenters. The zero-order valence-electron chi connectivity index (χ0n) is 14.1. The average Bonchev–Trinajstić information content (AvgIpc) is 2.62. The number of nitro benzene ring substituents is 1. The number of amides is 2. The second-order valence-corrected chi connectivity index (χ2v) is 5.23. The molecule has 0 saturated carbocycles. The number of nitro groups is 1. The second-order valence-electron chi connectivity index (χ2n) is 5.23. The van der Waals surface area contributed by atoms with E-state index in [4.69, 9.17) is 4.74 Å². The van der Waals surface area contributed by atoms with Crippen molar-refractivity contribution in [2.75, 3.05) is 13.2 Å². The summed E-state index contributed by atoms with van der Waals surface area (Å²) in [5, 5.41) is 15.7. The molecule has 0 unspecified atom stereocenters. The lowest BCUT2D eigenvalue weighted by Gasteiger charge is -2.14. The lowest BCUT2D eigenvalue weighted by Crippen LogP contribution is -2.38. The molecule has 1 aromatic rings. The number of nitrogens with zero attached hydrogens (tertiary/aromatic N) is 1. The third kappa shape index (κ3) is 6.98. The maximum absolute atomic E-state index is 11.9. The Labute approximate surface area is 144 Å². The van der Waals surface area contributed by atoms with E-state index in [1.807, 2.05) is 13.8 Å². The lowest BCUT2D eigenvalue weighted by molar-refractivity contribution is -0.384. The van der Waals surface area contributed by atoms with Crippen LogP contribution < -0.4 is 10.6 Å². The summed E-state index contributed by atoms with van der Waals surface area (Å²) in [5.74, 6) is -1.84. The summed E-state index contributed by atoms with van der Waals surface area (Å²) < 4.78 is 4.77. The summed E-state index contributed by atoms with van der Waals surface area (Å²) >= 11 is 0. The van der Waals surface area contributed by atoms with E-state index in [0.717, 1.165) is 18.9 Å². The molecule has 9 nitrogen and oxygen atoms in total. The van der Waals surface area contributed by atoms with E-state index in [1.165, 1.54) is 18.2 Å².